The quantitative estimate of drug-likeness (QED) is 0.835. The third-order valence-corrected chi connectivity index (χ3v) is 3.58. The minimum absolute atomic E-state index is 0.0386. The lowest BCUT2D eigenvalue weighted by Crippen LogP contribution is -2.26. The average molecular weight is 222 g/mol. The van der Waals surface area contributed by atoms with Crippen LogP contribution in [0.1, 0.15) is 44.3 Å². The van der Waals surface area contributed by atoms with Crippen LogP contribution in [-0.4, -0.2) is 4.98 Å². The molecule has 0 amide bonds. The predicted octanol–water partition coefficient (Wildman–Crippen LogP) is 3.05. The van der Waals surface area contributed by atoms with Gasteiger partial charge in [0.25, 0.3) is 0 Å². The van der Waals surface area contributed by atoms with Gasteiger partial charge in [0.15, 0.2) is 0 Å². The van der Waals surface area contributed by atoms with Gasteiger partial charge in [-0.1, -0.05) is 19.8 Å². The fourth-order valence-corrected chi connectivity index (χ4v) is 2.63. The number of nitrogens with zero attached hydrogens (tertiary/aromatic N) is 1. The molecule has 1 fully saturated rings. The first-order valence-corrected chi connectivity index (χ1v) is 6.04. The number of hydrogen-bond donors (Lipinski definition) is 1. The SMILES string of the molecule is CC1CCCC(C(N)c2ccc(F)cn2)C1. The van der Waals surface area contributed by atoms with Crippen molar-refractivity contribution in [1.82, 2.24) is 4.98 Å². The van der Waals surface area contributed by atoms with E-state index >= 15 is 0 Å². The molecule has 0 bridgehead atoms. The normalized spacial score (nSPS) is 27.7. The standard InChI is InChI=1S/C13H19FN2/c1-9-3-2-4-10(7-9)13(15)12-6-5-11(14)8-16-12/h5-6,8-10,13H,2-4,7,15H2,1H3. The number of halogens is 1. The monoisotopic (exact) mass is 222 g/mol. The summed E-state index contributed by atoms with van der Waals surface area (Å²) in [5.74, 6) is 0.958. The second kappa shape index (κ2) is 4.91. The van der Waals surface area contributed by atoms with Gasteiger partial charge in [0.1, 0.15) is 5.82 Å². The summed E-state index contributed by atoms with van der Waals surface area (Å²) in [5.41, 5.74) is 7.02. The Morgan fingerprint density at radius 1 is 1.44 bits per heavy atom. The van der Waals surface area contributed by atoms with Gasteiger partial charge in [0, 0.05) is 6.04 Å². The van der Waals surface area contributed by atoms with Crippen LogP contribution in [0, 0.1) is 17.7 Å². The molecule has 0 aromatic carbocycles. The molecule has 1 aromatic heterocycles. The molecule has 1 aliphatic rings. The van der Waals surface area contributed by atoms with Crippen LogP contribution in [0.4, 0.5) is 4.39 Å². The fraction of sp³-hybridized carbons (Fsp3) is 0.615. The van der Waals surface area contributed by atoms with Gasteiger partial charge in [0.05, 0.1) is 11.9 Å². The summed E-state index contributed by atoms with van der Waals surface area (Å²) in [6.07, 6.45) is 6.15. The van der Waals surface area contributed by atoms with Gasteiger partial charge in [-0.15, -0.1) is 0 Å². The highest BCUT2D eigenvalue weighted by Gasteiger charge is 2.25. The Labute approximate surface area is 96.1 Å². The van der Waals surface area contributed by atoms with Gasteiger partial charge in [-0.2, -0.15) is 0 Å². The van der Waals surface area contributed by atoms with Crippen molar-refractivity contribution in [2.75, 3.05) is 0 Å². The molecule has 2 N–H and O–H groups in total. The van der Waals surface area contributed by atoms with Crippen molar-refractivity contribution in [3.05, 3.63) is 29.8 Å². The molecular weight excluding hydrogens is 203 g/mol. The van der Waals surface area contributed by atoms with Crippen LogP contribution >= 0.6 is 0 Å². The lowest BCUT2D eigenvalue weighted by atomic mass is 9.78. The van der Waals surface area contributed by atoms with E-state index in [9.17, 15) is 4.39 Å². The van der Waals surface area contributed by atoms with Crippen LogP contribution in [0.5, 0.6) is 0 Å². The highest BCUT2D eigenvalue weighted by atomic mass is 19.1. The van der Waals surface area contributed by atoms with Crippen molar-refractivity contribution < 1.29 is 4.39 Å². The number of hydrogen-bond acceptors (Lipinski definition) is 2. The van der Waals surface area contributed by atoms with Gasteiger partial charge in [-0.3, -0.25) is 4.98 Å². The molecule has 2 rings (SSSR count). The fourth-order valence-electron chi connectivity index (χ4n) is 2.63. The third-order valence-electron chi connectivity index (χ3n) is 3.58. The Morgan fingerprint density at radius 3 is 2.88 bits per heavy atom. The molecule has 1 saturated carbocycles. The maximum atomic E-state index is 12.8. The van der Waals surface area contributed by atoms with E-state index in [-0.39, 0.29) is 11.9 Å². The number of aromatic nitrogens is 1. The lowest BCUT2D eigenvalue weighted by Gasteiger charge is -2.30. The number of pyridine rings is 1. The van der Waals surface area contributed by atoms with Crippen LogP contribution in [-0.2, 0) is 0 Å². The van der Waals surface area contributed by atoms with Gasteiger partial charge in [0.2, 0.25) is 0 Å². The molecular formula is C13H19FN2. The molecule has 2 nitrogen and oxygen atoms in total. The number of rotatable bonds is 2. The zero-order chi connectivity index (χ0) is 11.5. The van der Waals surface area contributed by atoms with Crippen molar-refractivity contribution in [3.63, 3.8) is 0 Å². The molecule has 16 heavy (non-hydrogen) atoms. The third kappa shape index (κ3) is 2.59. The number of nitrogens with two attached hydrogens (primary N) is 1. The molecule has 1 aliphatic carbocycles. The second-order valence-corrected chi connectivity index (χ2v) is 4.96. The minimum Gasteiger partial charge on any atom is -0.322 e. The van der Waals surface area contributed by atoms with Crippen LogP contribution < -0.4 is 5.73 Å². The molecule has 88 valence electrons. The van der Waals surface area contributed by atoms with Crippen LogP contribution in [0.15, 0.2) is 18.3 Å². The molecule has 1 heterocycles. The lowest BCUT2D eigenvalue weighted by molar-refractivity contribution is 0.245. The van der Waals surface area contributed by atoms with Gasteiger partial charge >= 0.3 is 0 Å². The first-order chi connectivity index (χ1) is 7.66. The topological polar surface area (TPSA) is 38.9 Å². The van der Waals surface area contributed by atoms with Crippen LogP contribution in [0.25, 0.3) is 0 Å². The van der Waals surface area contributed by atoms with Gasteiger partial charge in [-0.25, -0.2) is 4.39 Å². The molecule has 1 aromatic rings. The molecule has 0 aliphatic heterocycles. The summed E-state index contributed by atoms with van der Waals surface area (Å²) in [6.45, 7) is 2.27. The minimum atomic E-state index is -0.298. The highest BCUT2D eigenvalue weighted by molar-refractivity contribution is 5.10. The van der Waals surface area contributed by atoms with Gasteiger partial charge < -0.3 is 5.73 Å². The summed E-state index contributed by atoms with van der Waals surface area (Å²) < 4.78 is 12.8. The molecule has 0 spiro atoms. The molecule has 3 heteroatoms. The molecule has 3 unspecified atom stereocenters. The summed E-state index contributed by atoms with van der Waals surface area (Å²) >= 11 is 0. The molecule has 0 saturated heterocycles. The van der Waals surface area contributed by atoms with E-state index in [1.54, 1.807) is 6.07 Å². The van der Waals surface area contributed by atoms with Crippen molar-refractivity contribution in [3.8, 4) is 0 Å². The predicted molar refractivity (Wildman–Crippen MR) is 62.2 cm³/mol. The van der Waals surface area contributed by atoms with E-state index in [2.05, 4.69) is 11.9 Å². The van der Waals surface area contributed by atoms with E-state index in [0.717, 1.165) is 11.6 Å². The summed E-state index contributed by atoms with van der Waals surface area (Å²) in [7, 11) is 0. The van der Waals surface area contributed by atoms with E-state index < -0.39 is 0 Å². The van der Waals surface area contributed by atoms with Crippen molar-refractivity contribution in [2.24, 2.45) is 17.6 Å². The van der Waals surface area contributed by atoms with Crippen molar-refractivity contribution in [1.29, 1.82) is 0 Å². The van der Waals surface area contributed by atoms with E-state index in [0.29, 0.717) is 5.92 Å². The van der Waals surface area contributed by atoms with Gasteiger partial charge in [-0.05, 0) is 36.8 Å². The van der Waals surface area contributed by atoms with Crippen LogP contribution in [0.3, 0.4) is 0 Å². The zero-order valence-electron chi connectivity index (χ0n) is 9.70. The van der Waals surface area contributed by atoms with E-state index in [4.69, 9.17) is 5.73 Å². The first kappa shape index (κ1) is 11.5. The van der Waals surface area contributed by atoms with E-state index in [1.165, 1.54) is 37.9 Å². The smallest absolute Gasteiger partial charge is 0.141 e. The Hall–Kier alpha value is -0.960. The summed E-state index contributed by atoms with van der Waals surface area (Å²) in [4.78, 5) is 4.08. The average Bonchev–Trinajstić information content (AvgIpc) is 2.29. The Morgan fingerprint density at radius 2 is 2.25 bits per heavy atom. The maximum Gasteiger partial charge on any atom is 0.141 e. The zero-order valence-corrected chi connectivity index (χ0v) is 9.70. The second-order valence-electron chi connectivity index (χ2n) is 4.96. The van der Waals surface area contributed by atoms with Crippen molar-refractivity contribution in [2.45, 2.75) is 38.6 Å². The van der Waals surface area contributed by atoms with Crippen LogP contribution in [0.2, 0.25) is 0 Å². The molecule has 3 atom stereocenters. The summed E-state index contributed by atoms with van der Waals surface area (Å²) in [5, 5.41) is 0. The van der Waals surface area contributed by atoms with Crippen molar-refractivity contribution >= 4 is 0 Å². The Balaban J connectivity index is 2.06. The largest absolute Gasteiger partial charge is 0.322 e. The Bertz CT molecular complexity index is 336. The van der Waals surface area contributed by atoms with E-state index in [1.807, 2.05) is 0 Å². The Kier molecular flexibility index (Phi) is 3.54. The maximum absolute atomic E-state index is 12.8. The first-order valence-electron chi connectivity index (χ1n) is 6.04. The highest BCUT2D eigenvalue weighted by Crippen LogP contribution is 2.35. The molecule has 0 radical (unpaired) electrons. The summed E-state index contributed by atoms with van der Waals surface area (Å²) in [6, 6.07) is 3.11.